The Labute approximate surface area is 198 Å². The predicted molar refractivity (Wildman–Crippen MR) is 120 cm³/mol. The van der Waals surface area contributed by atoms with Crippen LogP contribution in [0.25, 0.3) is 11.3 Å². The van der Waals surface area contributed by atoms with E-state index in [1.165, 1.54) is 36.8 Å². The van der Waals surface area contributed by atoms with Gasteiger partial charge in [-0.3, -0.25) is 14.5 Å². The molecular formula is C21H20F3N7O3S. The number of carbonyl (C=O) groups excluding carboxylic acids is 1. The summed E-state index contributed by atoms with van der Waals surface area (Å²) in [5, 5.41) is 2.19. The van der Waals surface area contributed by atoms with Gasteiger partial charge < -0.3 is 5.32 Å². The van der Waals surface area contributed by atoms with Crippen molar-refractivity contribution in [3.8, 4) is 11.3 Å². The van der Waals surface area contributed by atoms with Gasteiger partial charge in [0.2, 0.25) is 21.9 Å². The van der Waals surface area contributed by atoms with Gasteiger partial charge in [0, 0.05) is 18.0 Å². The molecule has 3 heterocycles. The SMILES string of the molecule is CCC(C(=O)Nc1ccc(-c2cncc(C(F)(F)F)n2)cn1)c1ccnc(NS(=O)(=O)C2CC2)n1. The molecule has 0 aromatic carbocycles. The fraction of sp³-hybridized carbons (Fsp3) is 0.333. The van der Waals surface area contributed by atoms with Crippen molar-refractivity contribution in [2.75, 3.05) is 10.0 Å². The molecule has 0 aliphatic heterocycles. The largest absolute Gasteiger partial charge is 0.434 e. The molecule has 1 unspecified atom stereocenters. The van der Waals surface area contributed by atoms with Gasteiger partial charge >= 0.3 is 6.18 Å². The number of rotatable bonds is 8. The molecular weight excluding hydrogens is 487 g/mol. The van der Waals surface area contributed by atoms with E-state index in [1.54, 1.807) is 6.92 Å². The Morgan fingerprint density at radius 3 is 2.51 bits per heavy atom. The van der Waals surface area contributed by atoms with E-state index in [-0.39, 0.29) is 23.0 Å². The van der Waals surface area contributed by atoms with Crippen molar-refractivity contribution in [3.05, 3.63) is 54.4 Å². The number of amides is 1. The van der Waals surface area contributed by atoms with Crippen molar-refractivity contribution in [2.24, 2.45) is 0 Å². The number of halogens is 3. The van der Waals surface area contributed by atoms with Gasteiger partial charge in [-0.2, -0.15) is 13.2 Å². The molecule has 1 atom stereocenters. The lowest BCUT2D eigenvalue weighted by atomic mass is 10.0. The molecule has 2 N–H and O–H groups in total. The Kier molecular flexibility index (Phi) is 6.65. The van der Waals surface area contributed by atoms with Crippen LogP contribution in [0.3, 0.4) is 0 Å². The highest BCUT2D eigenvalue weighted by molar-refractivity contribution is 7.93. The quantitative estimate of drug-likeness (QED) is 0.473. The molecule has 1 saturated carbocycles. The molecule has 0 saturated heterocycles. The predicted octanol–water partition coefficient (Wildman–Crippen LogP) is 3.38. The Balaban J connectivity index is 1.47. The average molecular weight is 507 g/mol. The van der Waals surface area contributed by atoms with E-state index in [0.717, 1.165) is 0 Å². The molecule has 1 fully saturated rings. The Morgan fingerprint density at radius 2 is 1.89 bits per heavy atom. The molecule has 14 heteroatoms. The molecule has 3 aromatic heterocycles. The number of hydrogen-bond acceptors (Lipinski definition) is 8. The molecule has 3 aromatic rings. The van der Waals surface area contributed by atoms with Crippen molar-refractivity contribution in [1.82, 2.24) is 24.9 Å². The number of sulfonamides is 1. The standard InChI is InChI=1S/C21H20F3N7O3S/c1-2-14(15-7-8-26-20(29-15)31-35(33,34)13-4-5-13)19(32)30-18-6-3-12(9-27-18)16-10-25-11-17(28-16)21(22,23)24/h3,6-11,13-14H,2,4-5H2,1H3,(H,26,29,31)(H,27,30,32). The number of alkyl halides is 3. The molecule has 4 rings (SSSR count). The smallest absolute Gasteiger partial charge is 0.310 e. The molecule has 0 bridgehead atoms. The topological polar surface area (TPSA) is 140 Å². The minimum absolute atomic E-state index is 0.0150. The van der Waals surface area contributed by atoms with Gasteiger partial charge in [0.25, 0.3) is 0 Å². The zero-order valence-corrected chi connectivity index (χ0v) is 19.1. The summed E-state index contributed by atoms with van der Waals surface area (Å²) in [5.41, 5.74) is -0.526. The summed E-state index contributed by atoms with van der Waals surface area (Å²) in [6, 6.07) is 4.41. The van der Waals surface area contributed by atoms with Gasteiger partial charge in [0.15, 0.2) is 5.69 Å². The van der Waals surface area contributed by atoms with Gasteiger partial charge in [-0.1, -0.05) is 6.92 Å². The van der Waals surface area contributed by atoms with E-state index in [4.69, 9.17) is 0 Å². The molecule has 0 spiro atoms. The summed E-state index contributed by atoms with van der Waals surface area (Å²) in [4.78, 5) is 32.2. The number of aromatic nitrogens is 5. The lowest BCUT2D eigenvalue weighted by Gasteiger charge is -2.15. The second-order valence-corrected chi connectivity index (χ2v) is 9.78. The maximum atomic E-state index is 12.9. The second kappa shape index (κ2) is 9.52. The van der Waals surface area contributed by atoms with Crippen molar-refractivity contribution in [2.45, 2.75) is 43.5 Å². The lowest BCUT2D eigenvalue weighted by Crippen LogP contribution is -2.23. The summed E-state index contributed by atoms with van der Waals surface area (Å²) < 4.78 is 65.3. The minimum atomic E-state index is -4.63. The normalized spacial score (nSPS) is 14.9. The first-order valence-electron chi connectivity index (χ1n) is 10.6. The van der Waals surface area contributed by atoms with Crippen LogP contribution in [0, 0.1) is 0 Å². The fourth-order valence-electron chi connectivity index (χ4n) is 3.21. The molecule has 1 aliphatic carbocycles. The summed E-state index contributed by atoms with van der Waals surface area (Å²) in [5.74, 6) is -1.11. The van der Waals surface area contributed by atoms with Gasteiger partial charge in [-0.05, 0) is 37.5 Å². The van der Waals surface area contributed by atoms with Crippen LogP contribution < -0.4 is 10.0 Å². The molecule has 1 aliphatic rings. The number of hydrogen-bond donors (Lipinski definition) is 2. The fourth-order valence-corrected chi connectivity index (χ4v) is 4.48. The second-order valence-electron chi connectivity index (χ2n) is 7.82. The molecule has 35 heavy (non-hydrogen) atoms. The molecule has 1 amide bonds. The van der Waals surface area contributed by atoms with Crippen LogP contribution in [-0.2, 0) is 21.0 Å². The highest BCUT2D eigenvalue weighted by Crippen LogP contribution is 2.30. The minimum Gasteiger partial charge on any atom is -0.310 e. The molecule has 10 nitrogen and oxygen atoms in total. The van der Waals surface area contributed by atoms with Crippen LogP contribution in [0.4, 0.5) is 24.9 Å². The van der Waals surface area contributed by atoms with E-state index in [0.29, 0.717) is 31.2 Å². The Bertz CT molecular complexity index is 1330. The van der Waals surface area contributed by atoms with E-state index >= 15 is 0 Å². The monoisotopic (exact) mass is 507 g/mol. The van der Waals surface area contributed by atoms with Crippen LogP contribution in [0.5, 0.6) is 0 Å². The first-order valence-corrected chi connectivity index (χ1v) is 12.1. The van der Waals surface area contributed by atoms with Gasteiger partial charge in [-0.25, -0.2) is 28.4 Å². The third-order valence-electron chi connectivity index (χ3n) is 5.19. The molecule has 0 radical (unpaired) electrons. The average Bonchev–Trinajstić information content (AvgIpc) is 3.66. The maximum absolute atomic E-state index is 12.9. The van der Waals surface area contributed by atoms with Gasteiger partial charge in [0.1, 0.15) is 5.82 Å². The highest BCUT2D eigenvalue weighted by Gasteiger charge is 2.36. The summed E-state index contributed by atoms with van der Waals surface area (Å²) in [6.45, 7) is 1.77. The Hall–Kier alpha value is -3.68. The van der Waals surface area contributed by atoms with E-state index in [2.05, 4.69) is 35.0 Å². The van der Waals surface area contributed by atoms with Crippen molar-refractivity contribution >= 4 is 27.7 Å². The van der Waals surface area contributed by atoms with E-state index in [9.17, 15) is 26.4 Å². The zero-order valence-electron chi connectivity index (χ0n) is 18.3. The van der Waals surface area contributed by atoms with Crippen molar-refractivity contribution in [3.63, 3.8) is 0 Å². The zero-order chi connectivity index (χ0) is 25.2. The van der Waals surface area contributed by atoms with Crippen LogP contribution in [-0.4, -0.2) is 44.5 Å². The summed E-state index contributed by atoms with van der Waals surface area (Å²) in [7, 11) is -3.55. The van der Waals surface area contributed by atoms with Crippen molar-refractivity contribution in [1.29, 1.82) is 0 Å². The number of pyridine rings is 1. The number of nitrogens with one attached hydrogen (secondary N) is 2. The van der Waals surface area contributed by atoms with Crippen molar-refractivity contribution < 1.29 is 26.4 Å². The highest BCUT2D eigenvalue weighted by atomic mass is 32.2. The van der Waals surface area contributed by atoms with Crippen LogP contribution in [0.15, 0.2) is 43.0 Å². The third kappa shape index (κ3) is 5.88. The first-order chi connectivity index (χ1) is 16.6. The van der Waals surface area contributed by atoms with Crippen LogP contribution >= 0.6 is 0 Å². The van der Waals surface area contributed by atoms with Gasteiger partial charge in [0.05, 0.1) is 34.9 Å². The number of anilines is 2. The van der Waals surface area contributed by atoms with Gasteiger partial charge in [-0.15, -0.1) is 0 Å². The third-order valence-corrected chi connectivity index (χ3v) is 7.01. The first kappa shape index (κ1) is 24.4. The number of carbonyl (C=O) groups is 1. The van der Waals surface area contributed by atoms with Crippen LogP contribution in [0.1, 0.15) is 43.5 Å². The summed E-state index contributed by atoms with van der Waals surface area (Å²) >= 11 is 0. The number of nitrogens with zero attached hydrogens (tertiary/aromatic N) is 5. The van der Waals surface area contributed by atoms with Crippen LogP contribution in [0.2, 0.25) is 0 Å². The molecule has 184 valence electrons. The lowest BCUT2D eigenvalue weighted by molar-refractivity contribution is -0.141. The maximum Gasteiger partial charge on any atom is 0.434 e. The van der Waals surface area contributed by atoms with E-state index < -0.39 is 39.0 Å². The van der Waals surface area contributed by atoms with E-state index in [1.807, 2.05) is 0 Å². The summed E-state index contributed by atoms with van der Waals surface area (Å²) in [6.07, 6.45) is 1.35. The Morgan fingerprint density at radius 1 is 1.11 bits per heavy atom.